The molecule has 1 rings (SSSR count). The zero-order valence-electron chi connectivity index (χ0n) is 22.6. The summed E-state index contributed by atoms with van der Waals surface area (Å²) in [7, 11) is 0. The van der Waals surface area contributed by atoms with Crippen molar-refractivity contribution in [1.82, 2.24) is 0 Å². The number of carbonyl (C=O) groups is 1. The lowest BCUT2D eigenvalue weighted by atomic mass is 10.1. The fourth-order valence-corrected chi connectivity index (χ4v) is 3.53. The first-order chi connectivity index (χ1) is 17.9. The van der Waals surface area contributed by atoms with E-state index in [2.05, 4.69) is 6.92 Å². The van der Waals surface area contributed by atoms with Crippen LogP contribution in [0, 0.1) is 0 Å². The van der Waals surface area contributed by atoms with Gasteiger partial charge in [0.05, 0.1) is 59.5 Å². The number of rotatable bonds is 28. The summed E-state index contributed by atoms with van der Waals surface area (Å²) in [6.45, 7) is 8.53. The second kappa shape index (κ2) is 26.6. The van der Waals surface area contributed by atoms with Gasteiger partial charge in [-0.25, -0.2) is 0 Å². The molecule has 36 heavy (non-hydrogen) atoms. The molecule has 0 saturated heterocycles. The van der Waals surface area contributed by atoms with E-state index in [9.17, 15) is 4.79 Å². The summed E-state index contributed by atoms with van der Waals surface area (Å²) >= 11 is 0. The number of carbonyl (C=O) groups excluding carboxylic acids is 1. The molecular weight excluding hydrogens is 460 g/mol. The molecule has 0 fully saturated rings. The first kappa shape index (κ1) is 32.5. The van der Waals surface area contributed by atoms with Crippen molar-refractivity contribution >= 4 is 6.29 Å². The van der Waals surface area contributed by atoms with Crippen LogP contribution in [0.15, 0.2) is 24.3 Å². The topological polar surface area (TPSA) is 72.5 Å². The smallest absolute Gasteiger partial charge is 0.150 e. The number of benzene rings is 1. The van der Waals surface area contributed by atoms with Crippen LogP contribution in [0.3, 0.4) is 0 Å². The highest BCUT2D eigenvalue weighted by molar-refractivity contribution is 5.74. The maximum Gasteiger partial charge on any atom is 0.150 e. The normalized spacial score (nSPS) is 11.1. The summed E-state index contributed by atoms with van der Waals surface area (Å²) in [4.78, 5) is 10.6. The lowest BCUT2D eigenvalue weighted by Crippen LogP contribution is -2.14. The number of unbranched alkanes of at least 4 members (excludes halogenated alkanes) is 9. The zero-order chi connectivity index (χ0) is 25.8. The molecule has 0 aromatic heterocycles. The van der Waals surface area contributed by atoms with Crippen molar-refractivity contribution in [2.75, 3.05) is 72.7 Å². The Hall–Kier alpha value is -1.51. The predicted octanol–water partition coefficient (Wildman–Crippen LogP) is 5.88. The van der Waals surface area contributed by atoms with Gasteiger partial charge in [0, 0.05) is 12.2 Å². The third-order valence-electron chi connectivity index (χ3n) is 5.64. The largest absolute Gasteiger partial charge is 0.491 e. The molecule has 0 heterocycles. The Kier molecular flexibility index (Phi) is 24.0. The quantitative estimate of drug-likeness (QED) is 0.103. The summed E-state index contributed by atoms with van der Waals surface area (Å²) in [6, 6.07) is 6.98. The summed E-state index contributed by atoms with van der Waals surface area (Å²) in [5, 5.41) is 0. The van der Waals surface area contributed by atoms with Crippen LogP contribution in [0.5, 0.6) is 5.75 Å². The number of hydrogen-bond donors (Lipinski definition) is 0. The molecular formula is C29H50O7. The Labute approximate surface area is 219 Å². The van der Waals surface area contributed by atoms with E-state index < -0.39 is 0 Å². The summed E-state index contributed by atoms with van der Waals surface area (Å²) < 4.78 is 33.1. The number of ether oxygens (including phenoxy) is 6. The second-order valence-corrected chi connectivity index (χ2v) is 8.78. The Balaban J connectivity index is 1.67. The van der Waals surface area contributed by atoms with Gasteiger partial charge in [-0.05, 0) is 30.7 Å². The van der Waals surface area contributed by atoms with E-state index in [4.69, 9.17) is 28.4 Å². The SMILES string of the molecule is CCCCCCCCCCCCOCCOCCOCCOCCOCCOc1ccc(C=O)cc1. The molecule has 1 aromatic carbocycles. The van der Waals surface area contributed by atoms with Gasteiger partial charge in [0.25, 0.3) is 0 Å². The molecule has 0 bridgehead atoms. The Morgan fingerprint density at radius 3 is 1.33 bits per heavy atom. The van der Waals surface area contributed by atoms with Gasteiger partial charge in [0.15, 0.2) is 0 Å². The van der Waals surface area contributed by atoms with Crippen LogP contribution >= 0.6 is 0 Å². The van der Waals surface area contributed by atoms with E-state index in [0.717, 1.165) is 25.1 Å². The van der Waals surface area contributed by atoms with Crippen molar-refractivity contribution in [2.45, 2.75) is 71.1 Å². The maximum atomic E-state index is 10.6. The minimum Gasteiger partial charge on any atom is -0.491 e. The highest BCUT2D eigenvalue weighted by atomic mass is 16.6. The average molecular weight is 511 g/mol. The van der Waals surface area contributed by atoms with Gasteiger partial charge in [-0.1, -0.05) is 64.7 Å². The zero-order valence-corrected chi connectivity index (χ0v) is 22.6. The molecule has 0 saturated carbocycles. The third-order valence-corrected chi connectivity index (χ3v) is 5.64. The fraction of sp³-hybridized carbons (Fsp3) is 0.759. The van der Waals surface area contributed by atoms with Crippen molar-refractivity contribution in [3.05, 3.63) is 29.8 Å². The molecule has 0 atom stereocenters. The van der Waals surface area contributed by atoms with Gasteiger partial charge in [-0.2, -0.15) is 0 Å². The number of hydrogen-bond acceptors (Lipinski definition) is 7. The standard InChI is InChI=1S/C29H50O7/c1-2-3-4-5-6-7-8-9-10-11-16-31-17-18-32-19-20-33-21-22-34-23-24-35-25-26-36-29-14-12-28(27-30)13-15-29/h12-15,27H,2-11,16-26H2,1H3. The van der Waals surface area contributed by atoms with Crippen molar-refractivity contribution in [3.63, 3.8) is 0 Å². The predicted molar refractivity (Wildman–Crippen MR) is 143 cm³/mol. The first-order valence-corrected chi connectivity index (χ1v) is 13.9. The van der Waals surface area contributed by atoms with E-state index in [1.54, 1.807) is 24.3 Å². The third kappa shape index (κ3) is 21.7. The second-order valence-electron chi connectivity index (χ2n) is 8.78. The molecule has 0 spiro atoms. The maximum absolute atomic E-state index is 10.6. The molecule has 7 nitrogen and oxygen atoms in total. The van der Waals surface area contributed by atoms with Crippen molar-refractivity contribution in [1.29, 1.82) is 0 Å². The number of aldehydes is 1. The van der Waals surface area contributed by atoms with E-state index in [1.165, 1.54) is 57.8 Å². The average Bonchev–Trinajstić information content (AvgIpc) is 2.91. The van der Waals surface area contributed by atoms with E-state index in [-0.39, 0.29) is 0 Å². The van der Waals surface area contributed by atoms with Crippen LogP contribution in [0.1, 0.15) is 81.5 Å². The van der Waals surface area contributed by atoms with Crippen LogP contribution in [0.4, 0.5) is 0 Å². The molecule has 0 aliphatic carbocycles. The van der Waals surface area contributed by atoms with Crippen molar-refractivity contribution in [3.8, 4) is 5.75 Å². The van der Waals surface area contributed by atoms with Gasteiger partial charge >= 0.3 is 0 Å². The van der Waals surface area contributed by atoms with E-state index in [1.807, 2.05) is 0 Å². The monoisotopic (exact) mass is 510 g/mol. The first-order valence-electron chi connectivity index (χ1n) is 13.9. The molecule has 0 radical (unpaired) electrons. The highest BCUT2D eigenvalue weighted by Crippen LogP contribution is 2.11. The molecule has 0 unspecified atom stereocenters. The molecule has 208 valence electrons. The Morgan fingerprint density at radius 2 is 0.889 bits per heavy atom. The summed E-state index contributed by atoms with van der Waals surface area (Å²) in [5.74, 6) is 0.721. The minimum atomic E-state index is 0.452. The summed E-state index contributed by atoms with van der Waals surface area (Å²) in [5.41, 5.74) is 0.631. The minimum absolute atomic E-state index is 0.452. The molecule has 0 amide bonds. The molecule has 0 N–H and O–H groups in total. The lowest BCUT2D eigenvalue weighted by Gasteiger charge is -2.09. The highest BCUT2D eigenvalue weighted by Gasteiger charge is 1.97. The Morgan fingerprint density at radius 1 is 0.500 bits per heavy atom. The van der Waals surface area contributed by atoms with Gasteiger partial charge in [0.2, 0.25) is 0 Å². The summed E-state index contributed by atoms with van der Waals surface area (Å²) in [6.07, 6.45) is 14.2. The molecule has 1 aromatic rings. The van der Waals surface area contributed by atoms with Gasteiger partial charge < -0.3 is 28.4 Å². The fourth-order valence-electron chi connectivity index (χ4n) is 3.53. The van der Waals surface area contributed by atoms with Gasteiger partial charge in [-0.15, -0.1) is 0 Å². The van der Waals surface area contributed by atoms with E-state index >= 15 is 0 Å². The van der Waals surface area contributed by atoms with Gasteiger partial charge in [0.1, 0.15) is 18.6 Å². The van der Waals surface area contributed by atoms with E-state index in [0.29, 0.717) is 71.6 Å². The van der Waals surface area contributed by atoms with Crippen LogP contribution < -0.4 is 4.74 Å². The van der Waals surface area contributed by atoms with Crippen LogP contribution in [-0.4, -0.2) is 79.0 Å². The molecule has 0 aliphatic rings. The van der Waals surface area contributed by atoms with Gasteiger partial charge in [-0.3, -0.25) is 4.79 Å². The van der Waals surface area contributed by atoms with Crippen molar-refractivity contribution in [2.24, 2.45) is 0 Å². The molecule has 7 heteroatoms. The van der Waals surface area contributed by atoms with Crippen molar-refractivity contribution < 1.29 is 33.2 Å². The van der Waals surface area contributed by atoms with Crippen LogP contribution in [0.2, 0.25) is 0 Å². The lowest BCUT2D eigenvalue weighted by molar-refractivity contribution is -0.0128. The molecule has 0 aliphatic heterocycles. The van der Waals surface area contributed by atoms with Crippen LogP contribution in [-0.2, 0) is 23.7 Å². The Bertz CT molecular complexity index is 579. The van der Waals surface area contributed by atoms with Crippen LogP contribution in [0.25, 0.3) is 0 Å².